The molecule has 0 bridgehead atoms. The summed E-state index contributed by atoms with van der Waals surface area (Å²) in [6, 6.07) is 8.81. The molecule has 0 atom stereocenters. The van der Waals surface area contributed by atoms with Gasteiger partial charge in [0, 0.05) is 19.7 Å². The van der Waals surface area contributed by atoms with Crippen molar-refractivity contribution in [1.29, 1.82) is 0 Å². The van der Waals surface area contributed by atoms with Crippen LogP contribution in [0.1, 0.15) is 22.3 Å². The van der Waals surface area contributed by atoms with E-state index in [1.165, 1.54) is 22.1 Å². The number of nitrogens with one attached hydrogen (secondary N) is 2. The Labute approximate surface area is 175 Å². The van der Waals surface area contributed by atoms with Crippen LogP contribution >= 0.6 is 0 Å². The molecular weight excluding hydrogens is 393 g/mol. The Hall–Kier alpha value is -2.61. The number of aromatic nitrogens is 1. The average Bonchev–Trinajstić information content (AvgIpc) is 2.70. The van der Waals surface area contributed by atoms with Crippen LogP contribution in [0, 0.1) is 13.8 Å². The maximum atomic E-state index is 12.7. The zero-order valence-electron chi connectivity index (χ0n) is 17.6. The van der Waals surface area contributed by atoms with Crippen LogP contribution in [0.2, 0.25) is 0 Å². The molecule has 5 nitrogen and oxygen atoms in total. The number of likely N-dealkylation sites (N-methyl/N-ethyl adjacent to an activating group) is 1. The summed E-state index contributed by atoms with van der Waals surface area (Å²) in [6.07, 6.45) is -3.35. The summed E-state index contributed by atoms with van der Waals surface area (Å²) in [4.78, 5) is 20.4. The first-order valence-electron chi connectivity index (χ1n) is 10.1. The van der Waals surface area contributed by atoms with Gasteiger partial charge in [-0.05, 0) is 31.0 Å². The number of benzene rings is 1. The van der Waals surface area contributed by atoms with Crippen LogP contribution in [0.15, 0.2) is 36.5 Å². The van der Waals surface area contributed by atoms with Gasteiger partial charge in [0.2, 0.25) is 0 Å². The van der Waals surface area contributed by atoms with Gasteiger partial charge in [0.25, 0.3) is 11.7 Å². The molecule has 0 unspecified atom stereocenters. The highest BCUT2D eigenvalue weighted by Crippen LogP contribution is 2.28. The lowest BCUT2D eigenvalue weighted by atomic mass is 10.1. The van der Waals surface area contributed by atoms with Crippen LogP contribution in [0.5, 0.6) is 0 Å². The number of nitrogens with zero attached hydrogens (tertiary/aromatic N) is 2. The molecule has 2 N–H and O–H groups in total. The van der Waals surface area contributed by atoms with Crippen LogP contribution in [0.4, 0.5) is 19.0 Å². The van der Waals surface area contributed by atoms with E-state index in [0.717, 1.165) is 30.9 Å². The lowest BCUT2D eigenvalue weighted by Gasteiger charge is -2.29. The Kier molecular flexibility index (Phi) is 6.65. The molecule has 0 aliphatic carbocycles. The minimum Gasteiger partial charge on any atom is -0.337 e. The second-order valence-electron chi connectivity index (χ2n) is 8.05. The van der Waals surface area contributed by atoms with Crippen molar-refractivity contribution in [2.24, 2.45) is 0 Å². The molecule has 1 amide bonds. The number of quaternary nitrogens is 1. The van der Waals surface area contributed by atoms with E-state index < -0.39 is 11.7 Å². The van der Waals surface area contributed by atoms with Crippen LogP contribution in [0.3, 0.4) is 0 Å². The van der Waals surface area contributed by atoms with Crippen molar-refractivity contribution in [2.45, 2.75) is 26.6 Å². The minimum absolute atomic E-state index is 0.0968. The van der Waals surface area contributed by atoms with E-state index in [1.54, 1.807) is 4.90 Å². The van der Waals surface area contributed by atoms with Gasteiger partial charge in [-0.1, -0.05) is 23.8 Å². The number of piperazine rings is 1. The number of halogens is 3. The van der Waals surface area contributed by atoms with E-state index >= 15 is 0 Å². The number of anilines is 1. The summed E-state index contributed by atoms with van der Waals surface area (Å²) < 4.78 is 38.1. The summed E-state index contributed by atoms with van der Waals surface area (Å²) >= 11 is 0. The smallest absolute Gasteiger partial charge is 0.337 e. The topological polar surface area (TPSA) is 42.1 Å². The van der Waals surface area contributed by atoms with Crippen molar-refractivity contribution in [3.8, 4) is 0 Å². The van der Waals surface area contributed by atoms with Crippen molar-refractivity contribution < 1.29 is 27.8 Å². The molecule has 1 aromatic carbocycles. The average molecular weight is 422 g/mol. The molecule has 3 rings (SSSR count). The summed E-state index contributed by atoms with van der Waals surface area (Å²) in [6.45, 7) is 8.02. The fraction of sp³-hybridized carbons (Fsp3) is 0.455. The van der Waals surface area contributed by atoms with Gasteiger partial charge in [-0.2, -0.15) is 13.2 Å². The van der Waals surface area contributed by atoms with E-state index in [9.17, 15) is 18.0 Å². The summed E-state index contributed by atoms with van der Waals surface area (Å²) in [5.74, 6) is 0.764. The Morgan fingerprint density at radius 3 is 2.43 bits per heavy atom. The van der Waals surface area contributed by atoms with Crippen molar-refractivity contribution in [1.82, 2.24) is 4.90 Å². The third kappa shape index (κ3) is 5.50. The van der Waals surface area contributed by atoms with Gasteiger partial charge in [-0.25, -0.2) is 4.98 Å². The number of hydrogen-bond acceptors (Lipinski definition) is 2. The first kappa shape index (κ1) is 22.1. The highest BCUT2D eigenvalue weighted by atomic mass is 19.4. The zero-order valence-corrected chi connectivity index (χ0v) is 17.6. The Morgan fingerprint density at radius 1 is 1.17 bits per heavy atom. The SMILES string of the molecule is Cc1ccc(CN(C)C(=O)C[NH+]2CCN(c3ccc(C(F)(F)F)c[nH+]3)CC2)c(C)c1. The number of pyridine rings is 1. The number of aryl methyl sites for hydroxylation is 2. The zero-order chi connectivity index (χ0) is 21.9. The number of hydrogen-bond donors (Lipinski definition) is 1. The van der Waals surface area contributed by atoms with E-state index in [1.807, 2.05) is 11.9 Å². The third-order valence-corrected chi connectivity index (χ3v) is 5.67. The Bertz CT molecular complexity index is 875. The van der Waals surface area contributed by atoms with Gasteiger partial charge < -0.3 is 9.80 Å². The normalized spacial score (nSPS) is 15.3. The van der Waals surface area contributed by atoms with Gasteiger partial charge in [-0.3, -0.25) is 9.69 Å². The second-order valence-corrected chi connectivity index (χ2v) is 8.05. The molecule has 0 spiro atoms. The van der Waals surface area contributed by atoms with Crippen LogP contribution in [0.25, 0.3) is 0 Å². The molecule has 30 heavy (non-hydrogen) atoms. The molecule has 162 valence electrons. The molecule has 8 heteroatoms. The molecular formula is C22H29F3N4O+2. The monoisotopic (exact) mass is 422 g/mol. The molecule has 1 aliphatic rings. The van der Waals surface area contributed by atoms with Crippen LogP contribution < -0.4 is 14.8 Å². The highest BCUT2D eigenvalue weighted by Gasteiger charge is 2.33. The number of alkyl halides is 3. The van der Waals surface area contributed by atoms with E-state index in [4.69, 9.17) is 0 Å². The Balaban J connectivity index is 1.49. The number of rotatable bonds is 5. The van der Waals surface area contributed by atoms with Crippen molar-refractivity contribution in [3.05, 3.63) is 58.8 Å². The molecule has 1 saturated heterocycles. The summed E-state index contributed by atoms with van der Waals surface area (Å²) in [5, 5.41) is 0. The summed E-state index contributed by atoms with van der Waals surface area (Å²) in [7, 11) is 1.83. The van der Waals surface area contributed by atoms with Crippen molar-refractivity contribution in [3.63, 3.8) is 0 Å². The molecule has 2 heterocycles. The quantitative estimate of drug-likeness (QED) is 0.794. The van der Waals surface area contributed by atoms with Crippen LogP contribution in [-0.2, 0) is 17.5 Å². The Morgan fingerprint density at radius 2 is 1.87 bits per heavy atom. The lowest BCUT2D eigenvalue weighted by Crippen LogP contribution is -3.15. The number of amides is 1. The van der Waals surface area contributed by atoms with Crippen molar-refractivity contribution in [2.75, 3.05) is 44.7 Å². The number of carbonyl (C=O) groups is 1. The lowest BCUT2D eigenvalue weighted by molar-refractivity contribution is -0.892. The van der Waals surface area contributed by atoms with E-state index in [-0.39, 0.29) is 5.91 Å². The van der Waals surface area contributed by atoms with Gasteiger partial charge in [-0.15, -0.1) is 0 Å². The van der Waals surface area contributed by atoms with Crippen molar-refractivity contribution >= 4 is 11.7 Å². The van der Waals surface area contributed by atoms with Gasteiger partial charge in [0.1, 0.15) is 32.4 Å². The number of H-pyrrole nitrogens is 1. The molecule has 1 fully saturated rings. The maximum absolute atomic E-state index is 12.7. The van der Waals surface area contributed by atoms with E-state index in [2.05, 4.69) is 37.0 Å². The van der Waals surface area contributed by atoms with Gasteiger partial charge in [0.05, 0.1) is 5.56 Å². The second kappa shape index (κ2) is 9.04. The molecule has 1 aromatic heterocycles. The first-order chi connectivity index (χ1) is 14.1. The molecule has 2 aromatic rings. The fourth-order valence-electron chi connectivity index (χ4n) is 3.75. The predicted octanol–water partition coefficient (Wildman–Crippen LogP) is 1.50. The molecule has 0 saturated carbocycles. The largest absolute Gasteiger partial charge is 0.419 e. The third-order valence-electron chi connectivity index (χ3n) is 5.67. The molecule has 0 radical (unpaired) electrons. The standard InChI is InChI=1S/C22H27F3N4O/c1-16-4-5-18(17(2)12-16)14-27(3)21(30)15-28-8-10-29(11-9-28)20-7-6-19(13-26-20)22(23,24)25/h4-7,12-13H,8-11,14-15H2,1-3H3/p+2. The van der Waals surface area contributed by atoms with Gasteiger partial charge in [0.15, 0.2) is 6.54 Å². The number of carbonyl (C=O) groups excluding carboxylic acids is 1. The van der Waals surface area contributed by atoms with E-state index in [0.29, 0.717) is 32.0 Å². The first-order valence-corrected chi connectivity index (χ1v) is 10.1. The molecule has 1 aliphatic heterocycles. The highest BCUT2D eigenvalue weighted by molar-refractivity contribution is 5.76. The van der Waals surface area contributed by atoms with Gasteiger partial charge >= 0.3 is 6.18 Å². The maximum Gasteiger partial charge on any atom is 0.419 e. The number of aromatic amines is 1. The predicted molar refractivity (Wildman–Crippen MR) is 108 cm³/mol. The minimum atomic E-state index is -4.35. The summed E-state index contributed by atoms with van der Waals surface area (Å²) in [5.41, 5.74) is 2.85. The van der Waals surface area contributed by atoms with Crippen LogP contribution in [-0.4, -0.2) is 50.6 Å². The fourth-order valence-corrected chi connectivity index (χ4v) is 3.75.